The van der Waals surface area contributed by atoms with Crippen LogP contribution in [0.1, 0.15) is 0 Å². The van der Waals surface area contributed by atoms with Crippen LogP contribution in [-0.2, 0) is 42.7 Å². The number of aliphatic hydroxyl groups is 11. The van der Waals surface area contributed by atoms with E-state index in [1.807, 2.05) is 0 Å². The molecule has 0 unspecified atom stereocenters. The molecule has 18 atom stereocenters. The monoisotopic (exact) mass is 762 g/mol. The summed E-state index contributed by atoms with van der Waals surface area (Å²) in [5, 5.41) is 123. The summed E-state index contributed by atoms with van der Waals surface area (Å²) < 4.78 is 38.9. The van der Waals surface area contributed by atoms with Crippen molar-refractivity contribution in [2.75, 3.05) is 26.4 Å². The summed E-state index contributed by atoms with van der Waals surface area (Å²) in [4.78, 5) is 25.2. The van der Waals surface area contributed by atoms with Crippen LogP contribution in [0.5, 0.6) is 0 Å². The van der Waals surface area contributed by atoms with Gasteiger partial charge in [0.05, 0.1) is 67.5 Å². The van der Waals surface area contributed by atoms with E-state index in [0.717, 1.165) is 12.5 Å². The Balaban J connectivity index is 1.14. The van der Waals surface area contributed by atoms with Crippen molar-refractivity contribution in [2.45, 2.75) is 86.2 Å². The number of ether oxygens (including phenoxy) is 7. The predicted octanol–water partition coefficient (Wildman–Crippen LogP) is -6.21. The zero-order valence-electron chi connectivity index (χ0n) is 27.6. The highest BCUT2D eigenvalue weighted by Gasteiger charge is 2.54. The largest absolute Gasteiger partial charge is 0.478 e. The van der Waals surface area contributed by atoms with Gasteiger partial charge in [0.1, 0.15) is 55.4 Å². The fourth-order valence-corrected chi connectivity index (χ4v) is 7.58. The average Bonchev–Trinajstić information content (AvgIpc) is 3.67. The normalized spacial score (nSPS) is 45.0. The van der Waals surface area contributed by atoms with Gasteiger partial charge in [-0.1, -0.05) is 12.2 Å². The van der Waals surface area contributed by atoms with Crippen molar-refractivity contribution < 1.29 is 104 Å². The summed E-state index contributed by atoms with van der Waals surface area (Å²) in [6, 6.07) is 0. The lowest BCUT2D eigenvalue weighted by Gasteiger charge is -2.43. The van der Waals surface area contributed by atoms with Crippen LogP contribution in [-0.4, -0.2) is 186 Å². The van der Waals surface area contributed by atoms with Gasteiger partial charge in [0.15, 0.2) is 12.6 Å². The summed E-state index contributed by atoms with van der Waals surface area (Å²) in [7, 11) is 0. The molecule has 2 aliphatic carbocycles. The summed E-state index contributed by atoms with van der Waals surface area (Å²) in [6.45, 7) is -2.75. The van der Waals surface area contributed by atoms with Crippen LogP contribution in [0.25, 0.3) is 0 Å². The Morgan fingerprint density at radius 1 is 0.585 bits per heavy atom. The number of fused-ring (bicyclic) bond motifs is 2. The lowest BCUT2D eigenvalue weighted by Crippen LogP contribution is -2.60. The van der Waals surface area contributed by atoms with E-state index in [9.17, 15) is 70.9 Å². The Kier molecular flexibility index (Phi) is 11.9. The second-order valence-corrected chi connectivity index (χ2v) is 13.4. The first-order valence-corrected chi connectivity index (χ1v) is 16.6. The lowest BCUT2D eigenvalue weighted by atomic mass is 9.82. The molecule has 6 rings (SSSR count). The molecule has 21 nitrogen and oxygen atoms in total. The smallest absolute Gasteiger partial charge is 0.337 e. The predicted molar refractivity (Wildman–Crippen MR) is 163 cm³/mol. The molecular weight excluding hydrogens is 720 g/mol. The minimum Gasteiger partial charge on any atom is -0.478 e. The number of carboxylic acids is 1. The highest BCUT2D eigenvalue weighted by molar-refractivity contribution is 5.89. The zero-order chi connectivity index (χ0) is 38.5. The second-order valence-electron chi connectivity index (χ2n) is 13.4. The van der Waals surface area contributed by atoms with Gasteiger partial charge in [-0.05, 0) is 11.1 Å². The van der Waals surface area contributed by atoms with Crippen molar-refractivity contribution in [2.24, 2.45) is 23.7 Å². The number of hydrogen-bond acceptors (Lipinski definition) is 20. The molecule has 53 heavy (non-hydrogen) atoms. The number of aliphatic hydroxyl groups excluding tert-OH is 11. The average molecular weight is 763 g/mol. The third-order valence-corrected chi connectivity index (χ3v) is 10.4. The minimum absolute atomic E-state index is 0.158. The Morgan fingerprint density at radius 2 is 1.04 bits per heavy atom. The number of carboxylic acid groups (broad SMARTS) is 1. The Hall–Kier alpha value is -3.10. The molecule has 4 aliphatic heterocycles. The number of hydrogen-bond donors (Lipinski definition) is 12. The topological polar surface area (TPSA) is 342 Å². The molecule has 21 heteroatoms. The Morgan fingerprint density at radius 3 is 1.51 bits per heavy atom. The molecule has 2 saturated heterocycles. The molecule has 6 aliphatic rings. The molecule has 4 heterocycles. The van der Waals surface area contributed by atoms with Crippen LogP contribution < -0.4 is 0 Å². The molecule has 0 saturated carbocycles. The van der Waals surface area contributed by atoms with Crippen molar-refractivity contribution in [3.8, 4) is 0 Å². The maximum atomic E-state index is 13.4. The molecule has 0 aromatic carbocycles. The number of aliphatic carboxylic acids is 1. The molecule has 296 valence electrons. The Labute approximate surface area is 299 Å². The number of carbonyl (C=O) groups is 2. The van der Waals surface area contributed by atoms with Gasteiger partial charge in [0.2, 0.25) is 12.6 Å². The van der Waals surface area contributed by atoms with Gasteiger partial charge in [-0.15, -0.1) is 0 Å². The van der Waals surface area contributed by atoms with Gasteiger partial charge in [0.25, 0.3) is 0 Å². The van der Waals surface area contributed by atoms with Gasteiger partial charge in [0, 0.05) is 11.8 Å². The van der Waals surface area contributed by atoms with Gasteiger partial charge in [-0.3, -0.25) is 0 Å². The zero-order valence-corrected chi connectivity index (χ0v) is 27.6. The summed E-state index contributed by atoms with van der Waals surface area (Å²) in [5.74, 6) is -6.95. The first-order valence-electron chi connectivity index (χ1n) is 16.6. The van der Waals surface area contributed by atoms with Gasteiger partial charge in [-0.25, -0.2) is 9.59 Å². The lowest BCUT2D eigenvalue weighted by molar-refractivity contribution is -0.341. The van der Waals surface area contributed by atoms with Crippen molar-refractivity contribution >= 4 is 11.9 Å². The van der Waals surface area contributed by atoms with Crippen LogP contribution in [0.3, 0.4) is 0 Å². The van der Waals surface area contributed by atoms with Gasteiger partial charge in [-0.2, -0.15) is 0 Å². The molecule has 0 aromatic heterocycles. The molecule has 12 N–H and O–H groups in total. The van der Waals surface area contributed by atoms with Crippen molar-refractivity contribution in [1.29, 1.82) is 0 Å². The molecular formula is C32H42O21. The second kappa shape index (κ2) is 15.9. The number of rotatable bonds is 11. The molecule has 2 fully saturated rings. The van der Waals surface area contributed by atoms with Crippen molar-refractivity contribution in [3.05, 3.63) is 47.0 Å². The van der Waals surface area contributed by atoms with E-state index in [4.69, 9.17) is 33.2 Å². The molecule has 0 radical (unpaired) electrons. The van der Waals surface area contributed by atoms with Crippen LogP contribution >= 0.6 is 0 Å². The molecule has 0 amide bonds. The van der Waals surface area contributed by atoms with E-state index < -0.39 is 148 Å². The fraction of sp³-hybridized carbons (Fsp3) is 0.688. The first kappa shape index (κ1) is 39.6. The van der Waals surface area contributed by atoms with Gasteiger partial charge >= 0.3 is 11.9 Å². The molecule has 0 spiro atoms. The van der Waals surface area contributed by atoms with E-state index in [1.54, 1.807) is 0 Å². The van der Waals surface area contributed by atoms with E-state index >= 15 is 0 Å². The summed E-state index contributed by atoms with van der Waals surface area (Å²) in [6.07, 6.45) is -18.7. The molecule has 0 bridgehead atoms. The summed E-state index contributed by atoms with van der Waals surface area (Å²) in [5.41, 5.74) is -0.257. The third kappa shape index (κ3) is 7.24. The maximum Gasteiger partial charge on any atom is 0.337 e. The molecule has 0 aromatic rings. The SMILES string of the molecule is O=C(O)C1=CO[C@@H](O[C@H]2O[C@H](COC(=O)C3=CO[C@H](O[C@@H]4O[C@H](CO)[C@H](O)[C@H](O)[C@@H]4O)[C@@H]4C(CO)=C[C@H](O)[C@H]34)[C@H](O)[C@H](O)[C@@H]2O)[C@H]2C(CO)=C[C@H](O)[C@@H]12. The van der Waals surface area contributed by atoms with E-state index in [0.29, 0.717) is 0 Å². The fourth-order valence-electron chi connectivity index (χ4n) is 7.58. The van der Waals surface area contributed by atoms with Gasteiger partial charge < -0.3 is 94.4 Å². The minimum atomic E-state index is -1.93. The third-order valence-electron chi connectivity index (χ3n) is 10.4. The number of carbonyl (C=O) groups excluding carboxylic acids is 1. The van der Waals surface area contributed by atoms with Crippen molar-refractivity contribution in [3.63, 3.8) is 0 Å². The highest BCUT2D eigenvalue weighted by atomic mass is 16.8. The van der Waals surface area contributed by atoms with Crippen LogP contribution in [0.4, 0.5) is 0 Å². The first-order chi connectivity index (χ1) is 25.2. The quantitative estimate of drug-likeness (QED) is 0.0688. The standard InChI is InChI=1S/C32H42O21/c33-3-9-1-13(36)19-11(27(44)45)6-48-29(17(9)19)53-32-26(43)24(41)22(39)16(51-32)8-47-28(46)12-7-49-30(18-10(4-34)2-14(37)20(12)18)52-31-25(42)23(40)21(38)15(5-35)50-31/h1-2,6-7,13-26,29-43H,3-5,8H2,(H,44,45)/t13-,14-,15+,16+,17-,18+,19+,20-,21-,22-,23-,24-,25-,26-,29-,30+,31-,32+/m0/s1. The van der Waals surface area contributed by atoms with Crippen molar-refractivity contribution in [1.82, 2.24) is 0 Å². The Bertz CT molecular complexity index is 1490. The van der Waals surface area contributed by atoms with E-state index in [-0.39, 0.29) is 22.3 Å². The highest BCUT2D eigenvalue weighted by Crippen LogP contribution is 2.46. The van der Waals surface area contributed by atoms with Crippen LogP contribution in [0, 0.1) is 23.7 Å². The van der Waals surface area contributed by atoms with E-state index in [1.165, 1.54) is 12.2 Å². The van der Waals surface area contributed by atoms with Crippen LogP contribution in [0.15, 0.2) is 47.0 Å². The number of esters is 1. The maximum absolute atomic E-state index is 13.4. The van der Waals surface area contributed by atoms with E-state index in [2.05, 4.69) is 0 Å². The van der Waals surface area contributed by atoms with Crippen LogP contribution in [0.2, 0.25) is 0 Å². The summed E-state index contributed by atoms with van der Waals surface area (Å²) >= 11 is 0.